The third-order valence-electron chi connectivity index (χ3n) is 4.86. The lowest BCUT2D eigenvalue weighted by Crippen LogP contribution is -2.27. The van der Waals surface area contributed by atoms with Crippen molar-refractivity contribution in [2.45, 2.75) is 6.54 Å². The molecule has 0 spiro atoms. The number of carbonyl (C=O) groups is 2. The van der Waals surface area contributed by atoms with Gasteiger partial charge in [-0.05, 0) is 47.7 Å². The van der Waals surface area contributed by atoms with Gasteiger partial charge >= 0.3 is 0 Å². The van der Waals surface area contributed by atoms with Crippen molar-refractivity contribution in [1.29, 1.82) is 0 Å². The molecule has 5 rings (SSSR count). The molecule has 1 aromatic heterocycles. The normalized spacial score (nSPS) is 16.5. The number of carbonyl (C=O) groups excluding carboxylic acids is 2. The number of amides is 2. The van der Waals surface area contributed by atoms with E-state index in [1.807, 2.05) is 0 Å². The molecule has 2 amide bonds. The van der Waals surface area contributed by atoms with E-state index in [2.05, 4.69) is 0 Å². The molecule has 3 aromatic rings. The van der Waals surface area contributed by atoms with Crippen molar-refractivity contribution in [3.8, 4) is 22.8 Å². The molecule has 0 aliphatic carbocycles. The van der Waals surface area contributed by atoms with Crippen molar-refractivity contribution in [2.24, 2.45) is 0 Å². The van der Waals surface area contributed by atoms with Gasteiger partial charge in [0, 0.05) is 22.7 Å². The van der Waals surface area contributed by atoms with Crippen LogP contribution in [0.2, 0.25) is 15.1 Å². The maximum Gasteiger partial charge on any atom is 0.293 e. The van der Waals surface area contributed by atoms with E-state index in [1.165, 1.54) is 6.08 Å². The van der Waals surface area contributed by atoms with E-state index in [0.717, 1.165) is 16.7 Å². The van der Waals surface area contributed by atoms with E-state index in [1.54, 1.807) is 42.5 Å². The fraction of sp³-hybridized carbons (Fsp3) is 0.0909. The minimum Gasteiger partial charge on any atom is -0.457 e. The third-order valence-corrected chi connectivity index (χ3v) is 6.94. The Bertz CT molecular complexity index is 1300. The minimum atomic E-state index is -0.438. The summed E-state index contributed by atoms with van der Waals surface area (Å²) in [5, 5.41) is 0.757. The molecule has 0 radical (unpaired) electrons. The molecule has 2 aliphatic heterocycles. The molecule has 0 bridgehead atoms. The highest BCUT2D eigenvalue weighted by Gasteiger charge is 2.36. The second-order valence-electron chi connectivity index (χ2n) is 6.87. The number of hydrogen-bond donors (Lipinski definition) is 0. The first-order chi connectivity index (χ1) is 15.4. The van der Waals surface area contributed by atoms with Gasteiger partial charge in [-0.1, -0.05) is 40.9 Å². The van der Waals surface area contributed by atoms with Gasteiger partial charge in [-0.2, -0.15) is 0 Å². The average Bonchev–Trinajstić information content (AvgIpc) is 3.47. The summed E-state index contributed by atoms with van der Waals surface area (Å²) in [4.78, 5) is 26.8. The summed E-state index contributed by atoms with van der Waals surface area (Å²) in [6.45, 7) is 0.115. The predicted octanol–water partition coefficient (Wildman–Crippen LogP) is 6.87. The molecule has 0 saturated carbocycles. The smallest absolute Gasteiger partial charge is 0.293 e. The van der Waals surface area contributed by atoms with Gasteiger partial charge in [0.1, 0.15) is 11.5 Å². The van der Waals surface area contributed by atoms with Gasteiger partial charge in [-0.25, -0.2) is 0 Å². The van der Waals surface area contributed by atoms with Crippen molar-refractivity contribution in [1.82, 2.24) is 4.90 Å². The van der Waals surface area contributed by atoms with Gasteiger partial charge in [0.2, 0.25) is 6.79 Å². The van der Waals surface area contributed by atoms with Crippen LogP contribution in [0.5, 0.6) is 11.5 Å². The second kappa shape index (κ2) is 8.41. The molecular formula is C22H12Cl3NO5S. The number of imide groups is 1. The summed E-state index contributed by atoms with van der Waals surface area (Å²) >= 11 is 19.4. The molecule has 0 atom stereocenters. The summed E-state index contributed by atoms with van der Waals surface area (Å²) in [6.07, 6.45) is 1.52. The zero-order chi connectivity index (χ0) is 22.4. The van der Waals surface area contributed by atoms with Crippen LogP contribution < -0.4 is 9.47 Å². The summed E-state index contributed by atoms with van der Waals surface area (Å²) in [7, 11) is 0. The molecule has 10 heteroatoms. The number of fused-ring (bicyclic) bond motifs is 1. The number of benzene rings is 2. The Labute approximate surface area is 201 Å². The summed E-state index contributed by atoms with van der Waals surface area (Å²) < 4.78 is 16.4. The van der Waals surface area contributed by atoms with Gasteiger partial charge < -0.3 is 13.9 Å². The zero-order valence-electron chi connectivity index (χ0n) is 16.1. The van der Waals surface area contributed by atoms with Crippen LogP contribution in [0.15, 0.2) is 51.8 Å². The first-order valence-electron chi connectivity index (χ1n) is 9.28. The van der Waals surface area contributed by atoms with Crippen molar-refractivity contribution in [2.75, 3.05) is 6.79 Å². The average molecular weight is 509 g/mol. The largest absolute Gasteiger partial charge is 0.457 e. The van der Waals surface area contributed by atoms with Crippen molar-refractivity contribution < 1.29 is 23.5 Å². The number of thioether (sulfide) groups is 1. The Balaban J connectivity index is 1.38. The molecule has 2 aromatic carbocycles. The van der Waals surface area contributed by atoms with Crippen LogP contribution in [0.4, 0.5) is 4.79 Å². The number of hydrogen-bond acceptors (Lipinski definition) is 6. The van der Waals surface area contributed by atoms with Crippen LogP contribution in [0.25, 0.3) is 17.4 Å². The van der Waals surface area contributed by atoms with Crippen LogP contribution in [-0.4, -0.2) is 22.8 Å². The monoisotopic (exact) mass is 507 g/mol. The van der Waals surface area contributed by atoms with E-state index in [4.69, 9.17) is 48.7 Å². The Kier molecular flexibility index (Phi) is 5.59. The van der Waals surface area contributed by atoms with Crippen LogP contribution >= 0.6 is 46.6 Å². The number of nitrogens with zero attached hydrogens (tertiary/aromatic N) is 1. The quantitative estimate of drug-likeness (QED) is 0.358. The van der Waals surface area contributed by atoms with Gasteiger partial charge in [0.25, 0.3) is 11.1 Å². The molecular weight excluding hydrogens is 497 g/mol. The van der Waals surface area contributed by atoms with Crippen LogP contribution in [0, 0.1) is 0 Å². The third kappa shape index (κ3) is 3.86. The van der Waals surface area contributed by atoms with Gasteiger partial charge in [-0.15, -0.1) is 0 Å². The Morgan fingerprint density at radius 1 is 1.00 bits per heavy atom. The number of ether oxygens (including phenoxy) is 2. The Morgan fingerprint density at radius 2 is 1.78 bits per heavy atom. The van der Waals surface area contributed by atoms with E-state index in [-0.39, 0.29) is 18.2 Å². The second-order valence-corrected chi connectivity index (χ2v) is 9.05. The van der Waals surface area contributed by atoms with Crippen LogP contribution in [-0.2, 0) is 11.3 Å². The maximum atomic E-state index is 12.9. The molecule has 32 heavy (non-hydrogen) atoms. The highest BCUT2D eigenvalue weighted by molar-refractivity contribution is 8.18. The lowest BCUT2D eigenvalue weighted by atomic mass is 10.2. The van der Waals surface area contributed by atoms with Crippen LogP contribution in [0.1, 0.15) is 11.3 Å². The molecule has 0 N–H and O–H groups in total. The fourth-order valence-corrected chi connectivity index (χ4v) is 4.71. The Morgan fingerprint density at radius 3 is 2.59 bits per heavy atom. The molecule has 3 heterocycles. The van der Waals surface area contributed by atoms with Crippen LogP contribution in [0.3, 0.4) is 0 Å². The topological polar surface area (TPSA) is 69.0 Å². The minimum absolute atomic E-state index is 0.0129. The number of halogens is 3. The SMILES string of the molecule is O=C1SC(=Cc2ccc(-c3cccc(Cl)c3Cl)o2)C(=O)N1Cc1cc2c(cc1Cl)OCO2. The van der Waals surface area contributed by atoms with Gasteiger partial charge in [0.15, 0.2) is 11.5 Å². The molecule has 0 unspecified atom stereocenters. The Hall–Kier alpha value is -2.58. The van der Waals surface area contributed by atoms with Gasteiger partial charge in [0.05, 0.1) is 21.5 Å². The lowest BCUT2D eigenvalue weighted by molar-refractivity contribution is -0.123. The van der Waals surface area contributed by atoms with E-state index in [0.29, 0.717) is 49.2 Å². The van der Waals surface area contributed by atoms with Gasteiger partial charge in [-0.3, -0.25) is 14.5 Å². The van der Waals surface area contributed by atoms with E-state index >= 15 is 0 Å². The molecule has 6 nitrogen and oxygen atoms in total. The summed E-state index contributed by atoms with van der Waals surface area (Å²) in [5.41, 5.74) is 1.21. The van der Waals surface area contributed by atoms with E-state index in [9.17, 15) is 9.59 Å². The highest BCUT2D eigenvalue weighted by Crippen LogP contribution is 2.40. The molecule has 2 aliphatic rings. The number of rotatable bonds is 4. The standard InChI is InChI=1S/C22H12Cl3NO5S/c23-14-3-1-2-13(20(14)25)16-5-4-12(31-16)7-19-21(27)26(22(28)32-19)9-11-6-17-18(8-15(11)24)30-10-29-17/h1-8H,9-10H2. The first kappa shape index (κ1) is 21.3. The maximum absolute atomic E-state index is 12.9. The lowest BCUT2D eigenvalue weighted by Gasteiger charge is -2.14. The molecule has 1 saturated heterocycles. The fourth-order valence-electron chi connectivity index (χ4n) is 3.29. The van der Waals surface area contributed by atoms with Crippen molar-refractivity contribution in [3.63, 3.8) is 0 Å². The molecule has 1 fully saturated rings. The van der Waals surface area contributed by atoms with E-state index < -0.39 is 11.1 Å². The van der Waals surface area contributed by atoms with Crippen molar-refractivity contribution >= 4 is 63.8 Å². The zero-order valence-corrected chi connectivity index (χ0v) is 19.1. The highest BCUT2D eigenvalue weighted by atomic mass is 35.5. The van der Waals surface area contributed by atoms with Crippen molar-refractivity contribution in [3.05, 3.63) is 73.8 Å². The first-order valence-corrected chi connectivity index (χ1v) is 11.2. The summed E-state index contributed by atoms with van der Waals surface area (Å²) in [5.74, 6) is 1.51. The molecule has 162 valence electrons. The number of furan rings is 1. The summed E-state index contributed by atoms with van der Waals surface area (Å²) in [6, 6.07) is 11.9. The predicted molar refractivity (Wildman–Crippen MR) is 123 cm³/mol.